The first-order valence-corrected chi connectivity index (χ1v) is 6.58. The van der Waals surface area contributed by atoms with Crippen molar-refractivity contribution in [1.29, 1.82) is 0 Å². The van der Waals surface area contributed by atoms with Crippen LogP contribution in [0.1, 0.15) is 18.4 Å². The number of terminal acetylenes is 1. The molecular weight excluding hydrogens is 254 g/mol. The molecule has 3 amide bonds. The molecule has 1 heterocycles. The normalized spacial score (nSPS) is 13.7. The second-order valence-corrected chi connectivity index (χ2v) is 4.62. The zero-order valence-electron chi connectivity index (χ0n) is 11.2. The molecule has 5 heteroatoms. The Hall–Kier alpha value is -2.48. The van der Waals surface area contributed by atoms with Crippen LogP contribution in [0.15, 0.2) is 24.3 Å². The summed E-state index contributed by atoms with van der Waals surface area (Å²) in [5, 5.41) is 5.20. The summed E-state index contributed by atoms with van der Waals surface area (Å²) in [5.74, 6) is 2.45. The van der Waals surface area contributed by atoms with Crippen molar-refractivity contribution >= 4 is 17.6 Å². The monoisotopic (exact) mass is 271 g/mol. The van der Waals surface area contributed by atoms with Gasteiger partial charge in [0.25, 0.3) is 0 Å². The Morgan fingerprint density at radius 2 is 2.05 bits per heavy atom. The van der Waals surface area contributed by atoms with E-state index in [0.29, 0.717) is 11.3 Å². The minimum Gasteiger partial charge on any atom is -0.341 e. The van der Waals surface area contributed by atoms with Crippen LogP contribution in [-0.4, -0.2) is 36.5 Å². The average molecular weight is 271 g/mol. The maximum Gasteiger partial charge on any atom is 0.319 e. The molecule has 1 aliphatic heterocycles. The Morgan fingerprint density at radius 1 is 1.30 bits per heavy atom. The van der Waals surface area contributed by atoms with E-state index in [-0.39, 0.29) is 12.5 Å². The summed E-state index contributed by atoms with van der Waals surface area (Å²) < 4.78 is 0. The third-order valence-corrected chi connectivity index (χ3v) is 3.15. The van der Waals surface area contributed by atoms with Crippen LogP contribution in [0, 0.1) is 12.3 Å². The molecule has 0 atom stereocenters. The number of carbonyl (C=O) groups is 2. The Morgan fingerprint density at radius 3 is 2.75 bits per heavy atom. The number of likely N-dealkylation sites (tertiary alicyclic amines) is 1. The van der Waals surface area contributed by atoms with Gasteiger partial charge in [-0.2, -0.15) is 0 Å². The third-order valence-electron chi connectivity index (χ3n) is 3.15. The van der Waals surface area contributed by atoms with E-state index in [2.05, 4.69) is 16.6 Å². The molecule has 0 unspecified atom stereocenters. The molecule has 0 aromatic heterocycles. The minimum absolute atomic E-state index is 0.0145. The zero-order chi connectivity index (χ0) is 14.4. The molecule has 1 fully saturated rings. The van der Waals surface area contributed by atoms with Crippen molar-refractivity contribution in [3.63, 3.8) is 0 Å². The molecule has 1 saturated heterocycles. The van der Waals surface area contributed by atoms with Crippen molar-refractivity contribution in [2.45, 2.75) is 12.8 Å². The first kappa shape index (κ1) is 13.9. The minimum atomic E-state index is -0.410. The van der Waals surface area contributed by atoms with Crippen LogP contribution in [0.5, 0.6) is 0 Å². The number of urea groups is 1. The van der Waals surface area contributed by atoms with Gasteiger partial charge in [-0.05, 0) is 31.0 Å². The lowest BCUT2D eigenvalue weighted by Gasteiger charge is -2.15. The number of carbonyl (C=O) groups excluding carboxylic acids is 2. The fraction of sp³-hybridized carbons (Fsp3) is 0.333. The molecule has 2 rings (SSSR count). The van der Waals surface area contributed by atoms with Gasteiger partial charge in [0.1, 0.15) is 0 Å². The van der Waals surface area contributed by atoms with E-state index < -0.39 is 6.03 Å². The number of nitrogens with zero attached hydrogens (tertiary/aromatic N) is 1. The van der Waals surface area contributed by atoms with Gasteiger partial charge in [-0.15, -0.1) is 6.42 Å². The summed E-state index contributed by atoms with van der Waals surface area (Å²) in [4.78, 5) is 25.2. The fourth-order valence-corrected chi connectivity index (χ4v) is 2.10. The van der Waals surface area contributed by atoms with Crippen molar-refractivity contribution in [3.05, 3.63) is 29.8 Å². The van der Waals surface area contributed by atoms with Crippen LogP contribution >= 0.6 is 0 Å². The number of rotatable bonds is 3. The molecule has 20 heavy (non-hydrogen) atoms. The van der Waals surface area contributed by atoms with Crippen LogP contribution in [0.2, 0.25) is 0 Å². The van der Waals surface area contributed by atoms with E-state index in [1.807, 2.05) is 0 Å². The average Bonchev–Trinajstić information content (AvgIpc) is 2.99. The maximum absolute atomic E-state index is 11.8. The predicted molar refractivity (Wildman–Crippen MR) is 77.2 cm³/mol. The van der Waals surface area contributed by atoms with E-state index in [0.717, 1.165) is 25.9 Å². The van der Waals surface area contributed by atoms with Gasteiger partial charge in [0, 0.05) is 24.3 Å². The molecule has 1 aromatic carbocycles. The summed E-state index contributed by atoms with van der Waals surface area (Å²) in [6.07, 6.45) is 7.37. The largest absolute Gasteiger partial charge is 0.341 e. The Kier molecular flexibility index (Phi) is 4.61. The molecule has 1 aromatic rings. The molecule has 0 spiro atoms. The highest BCUT2D eigenvalue weighted by molar-refractivity contribution is 5.92. The summed E-state index contributed by atoms with van der Waals surface area (Å²) in [5.41, 5.74) is 1.29. The maximum atomic E-state index is 11.8. The van der Waals surface area contributed by atoms with Crippen LogP contribution in [0.25, 0.3) is 0 Å². The van der Waals surface area contributed by atoms with Crippen molar-refractivity contribution in [1.82, 2.24) is 10.2 Å². The third kappa shape index (κ3) is 3.75. The number of anilines is 1. The molecule has 5 nitrogen and oxygen atoms in total. The van der Waals surface area contributed by atoms with Gasteiger partial charge in [-0.25, -0.2) is 4.79 Å². The molecule has 104 valence electrons. The first-order valence-electron chi connectivity index (χ1n) is 6.58. The predicted octanol–water partition coefficient (Wildman–Crippen LogP) is 1.41. The van der Waals surface area contributed by atoms with E-state index in [4.69, 9.17) is 6.42 Å². The number of nitrogens with one attached hydrogen (secondary N) is 2. The highest BCUT2D eigenvalue weighted by Gasteiger charge is 2.17. The quantitative estimate of drug-likeness (QED) is 0.817. The first-order chi connectivity index (χ1) is 9.69. The van der Waals surface area contributed by atoms with E-state index in [1.165, 1.54) is 0 Å². The van der Waals surface area contributed by atoms with E-state index in [1.54, 1.807) is 29.2 Å². The van der Waals surface area contributed by atoms with E-state index in [9.17, 15) is 9.59 Å². The topological polar surface area (TPSA) is 61.4 Å². The van der Waals surface area contributed by atoms with Gasteiger partial charge < -0.3 is 15.5 Å². The smallest absolute Gasteiger partial charge is 0.319 e. The second-order valence-electron chi connectivity index (χ2n) is 4.62. The standard InChI is InChI=1S/C15H17N3O2/c1-2-12-6-5-7-13(10-12)17-15(20)16-11-14(19)18-8-3-4-9-18/h1,5-7,10H,3-4,8-9,11H2,(H2,16,17,20). The van der Waals surface area contributed by atoms with Crippen LogP contribution in [0.3, 0.4) is 0 Å². The highest BCUT2D eigenvalue weighted by atomic mass is 16.2. The second kappa shape index (κ2) is 6.62. The summed E-state index contributed by atoms with van der Waals surface area (Å²) >= 11 is 0. The molecule has 1 aliphatic rings. The van der Waals surface area contributed by atoms with Crippen LogP contribution in [0.4, 0.5) is 10.5 Å². The SMILES string of the molecule is C#Cc1cccc(NC(=O)NCC(=O)N2CCCC2)c1. The molecular formula is C15H17N3O2. The summed E-state index contributed by atoms with van der Waals surface area (Å²) in [7, 11) is 0. The Bertz CT molecular complexity index is 542. The fourth-order valence-electron chi connectivity index (χ4n) is 2.10. The number of amides is 3. The molecule has 0 radical (unpaired) electrons. The van der Waals surface area contributed by atoms with Crippen molar-refractivity contribution in [2.24, 2.45) is 0 Å². The lowest BCUT2D eigenvalue weighted by atomic mass is 10.2. The van der Waals surface area contributed by atoms with Gasteiger partial charge in [0.2, 0.25) is 5.91 Å². The number of benzene rings is 1. The van der Waals surface area contributed by atoms with Gasteiger partial charge in [0.05, 0.1) is 6.54 Å². The zero-order valence-corrected chi connectivity index (χ0v) is 11.2. The molecule has 0 bridgehead atoms. The van der Waals surface area contributed by atoms with Crippen LogP contribution in [-0.2, 0) is 4.79 Å². The van der Waals surface area contributed by atoms with Gasteiger partial charge >= 0.3 is 6.03 Å². The van der Waals surface area contributed by atoms with Crippen molar-refractivity contribution in [3.8, 4) is 12.3 Å². The Labute approximate surface area is 118 Å². The highest BCUT2D eigenvalue weighted by Crippen LogP contribution is 2.09. The van der Waals surface area contributed by atoms with Crippen LogP contribution < -0.4 is 10.6 Å². The molecule has 0 aliphatic carbocycles. The van der Waals surface area contributed by atoms with Gasteiger partial charge in [-0.1, -0.05) is 12.0 Å². The lowest BCUT2D eigenvalue weighted by Crippen LogP contribution is -2.40. The summed E-state index contributed by atoms with van der Waals surface area (Å²) in [6, 6.07) is 6.57. The van der Waals surface area contributed by atoms with E-state index >= 15 is 0 Å². The van der Waals surface area contributed by atoms with Gasteiger partial charge in [0.15, 0.2) is 0 Å². The molecule has 2 N–H and O–H groups in total. The van der Waals surface area contributed by atoms with Crippen molar-refractivity contribution < 1.29 is 9.59 Å². The molecule has 0 saturated carbocycles. The number of hydrogen-bond acceptors (Lipinski definition) is 2. The number of hydrogen-bond donors (Lipinski definition) is 2. The van der Waals surface area contributed by atoms with Crippen molar-refractivity contribution in [2.75, 3.05) is 25.0 Å². The van der Waals surface area contributed by atoms with Gasteiger partial charge in [-0.3, -0.25) is 4.79 Å². The Balaban J connectivity index is 1.80. The lowest BCUT2D eigenvalue weighted by molar-refractivity contribution is -0.128. The summed E-state index contributed by atoms with van der Waals surface area (Å²) in [6.45, 7) is 1.58.